The molecular formula is C12H12NNaO2. The summed E-state index contributed by atoms with van der Waals surface area (Å²) in [5.41, 5.74) is 3.38. The average Bonchev–Trinajstić information content (AvgIpc) is 2.54. The number of aryl methyl sites for hydroxylation is 1. The Morgan fingerprint density at radius 1 is 1.44 bits per heavy atom. The number of aromatic nitrogens is 1. The van der Waals surface area contributed by atoms with Crippen LogP contribution in [0.1, 0.15) is 29.8 Å². The second-order valence-electron chi connectivity index (χ2n) is 3.81. The molecule has 1 aliphatic rings. The molecule has 0 aromatic carbocycles. The van der Waals surface area contributed by atoms with E-state index in [9.17, 15) is 9.90 Å². The van der Waals surface area contributed by atoms with Crippen LogP contribution in [0.4, 0.5) is 0 Å². The first-order valence-corrected chi connectivity index (χ1v) is 5.09. The van der Waals surface area contributed by atoms with E-state index in [2.05, 4.69) is 5.92 Å². The van der Waals surface area contributed by atoms with Crippen molar-refractivity contribution in [2.24, 2.45) is 7.05 Å². The minimum absolute atomic E-state index is 0. The molecule has 0 spiro atoms. The molecule has 1 heterocycles. The Labute approximate surface area is 117 Å². The zero-order valence-corrected chi connectivity index (χ0v) is 11.7. The summed E-state index contributed by atoms with van der Waals surface area (Å²) in [5, 5.41) is 10.2. The van der Waals surface area contributed by atoms with Crippen LogP contribution in [-0.4, -0.2) is 10.5 Å². The fraction of sp³-hybridized carbons (Fsp3) is 0.417. The number of carboxylic acids is 1. The maximum atomic E-state index is 10.2. The van der Waals surface area contributed by atoms with Crippen LogP contribution in [0.3, 0.4) is 0 Å². The molecule has 0 N–H and O–H groups in total. The third kappa shape index (κ3) is 2.70. The molecule has 3 nitrogen and oxygen atoms in total. The summed E-state index contributed by atoms with van der Waals surface area (Å²) < 4.78 is 1.99. The van der Waals surface area contributed by atoms with Crippen LogP contribution in [0.15, 0.2) is 6.07 Å². The van der Waals surface area contributed by atoms with Gasteiger partial charge < -0.3 is 14.5 Å². The molecule has 0 atom stereocenters. The first-order valence-electron chi connectivity index (χ1n) is 5.09. The molecule has 1 aromatic rings. The number of hydrogen-bond acceptors (Lipinski definition) is 2. The van der Waals surface area contributed by atoms with E-state index < -0.39 is 5.97 Å². The zero-order chi connectivity index (χ0) is 10.8. The number of carbonyl (C=O) groups excluding carboxylic acids is 1. The van der Waals surface area contributed by atoms with Gasteiger partial charge in [0.1, 0.15) is 5.97 Å². The summed E-state index contributed by atoms with van der Waals surface area (Å²) in [4.78, 5) is 10.2. The van der Waals surface area contributed by atoms with Crippen molar-refractivity contribution in [2.45, 2.75) is 25.7 Å². The summed E-state index contributed by atoms with van der Waals surface area (Å²) in [6.07, 6.45) is 4.57. The van der Waals surface area contributed by atoms with Gasteiger partial charge in [0.2, 0.25) is 0 Å². The Hall–Kier alpha value is -0.690. The number of carbonyl (C=O) groups is 1. The van der Waals surface area contributed by atoms with Gasteiger partial charge in [-0.3, -0.25) is 0 Å². The van der Waals surface area contributed by atoms with Gasteiger partial charge in [-0.2, -0.15) is 0 Å². The van der Waals surface area contributed by atoms with Crippen LogP contribution in [-0.2, 0) is 24.7 Å². The molecule has 0 fully saturated rings. The van der Waals surface area contributed by atoms with Crippen molar-refractivity contribution in [3.63, 3.8) is 0 Å². The first-order chi connectivity index (χ1) is 7.18. The summed E-state index contributed by atoms with van der Waals surface area (Å²) in [5.74, 6) is 3.34. The van der Waals surface area contributed by atoms with E-state index in [0.29, 0.717) is 0 Å². The first kappa shape index (κ1) is 13.4. The third-order valence-electron chi connectivity index (χ3n) is 2.85. The predicted molar refractivity (Wildman–Crippen MR) is 53.9 cm³/mol. The number of nitrogens with zero attached hydrogens (tertiary/aromatic N) is 1. The molecule has 0 saturated carbocycles. The van der Waals surface area contributed by atoms with Gasteiger partial charge in [0.15, 0.2) is 0 Å². The Kier molecular flexibility index (Phi) is 4.67. The van der Waals surface area contributed by atoms with Gasteiger partial charge >= 0.3 is 29.6 Å². The largest absolute Gasteiger partial charge is 1.00 e. The van der Waals surface area contributed by atoms with Gasteiger partial charge in [0, 0.05) is 12.7 Å². The quantitative estimate of drug-likeness (QED) is 0.349. The number of aliphatic carboxylic acids is 1. The number of fused-ring (bicyclic) bond motifs is 1. The molecule has 0 unspecified atom stereocenters. The molecule has 0 bridgehead atoms. The molecular weight excluding hydrogens is 213 g/mol. The van der Waals surface area contributed by atoms with E-state index in [4.69, 9.17) is 0 Å². The van der Waals surface area contributed by atoms with E-state index in [1.54, 1.807) is 0 Å². The summed E-state index contributed by atoms with van der Waals surface area (Å²) >= 11 is 0. The van der Waals surface area contributed by atoms with Gasteiger partial charge in [-0.15, -0.1) is 0 Å². The molecule has 1 aliphatic carbocycles. The average molecular weight is 225 g/mol. The van der Waals surface area contributed by atoms with Crippen LogP contribution in [0.5, 0.6) is 0 Å². The Morgan fingerprint density at radius 2 is 2.12 bits per heavy atom. The maximum Gasteiger partial charge on any atom is 1.00 e. The Bertz CT molecular complexity index is 465. The Balaban J connectivity index is 0.00000128. The minimum Gasteiger partial charge on any atom is -0.537 e. The molecule has 0 radical (unpaired) electrons. The third-order valence-corrected chi connectivity index (χ3v) is 2.85. The van der Waals surface area contributed by atoms with Crippen molar-refractivity contribution < 1.29 is 39.5 Å². The molecule has 0 amide bonds. The predicted octanol–water partition coefficient (Wildman–Crippen LogP) is -2.99. The second-order valence-corrected chi connectivity index (χ2v) is 3.81. The molecule has 4 heteroatoms. The van der Waals surface area contributed by atoms with Gasteiger partial charge in [0.05, 0.1) is 5.69 Å². The fourth-order valence-corrected chi connectivity index (χ4v) is 2.09. The van der Waals surface area contributed by atoms with Crippen molar-refractivity contribution >= 4 is 5.97 Å². The van der Waals surface area contributed by atoms with E-state index in [1.807, 2.05) is 23.6 Å². The minimum atomic E-state index is -1.32. The standard InChI is InChI=1S/C12H13NO2.Na/c1-13-10(6-7-12(14)15)8-9-4-2-3-5-11(9)13;/h8H,2-5H2,1H3,(H,14,15);/q;+1/p-1. The summed E-state index contributed by atoms with van der Waals surface area (Å²) in [7, 11) is 1.93. The van der Waals surface area contributed by atoms with Crippen molar-refractivity contribution in [3.05, 3.63) is 23.0 Å². The molecule has 0 aliphatic heterocycles. The maximum absolute atomic E-state index is 10.2. The Morgan fingerprint density at radius 3 is 2.75 bits per heavy atom. The van der Waals surface area contributed by atoms with E-state index in [0.717, 1.165) is 18.5 Å². The number of rotatable bonds is 0. The van der Waals surface area contributed by atoms with Crippen LogP contribution in [0.25, 0.3) is 0 Å². The van der Waals surface area contributed by atoms with Crippen molar-refractivity contribution in [1.29, 1.82) is 0 Å². The van der Waals surface area contributed by atoms with Crippen LogP contribution in [0.2, 0.25) is 0 Å². The monoisotopic (exact) mass is 225 g/mol. The topological polar surface area (TPSA) is 45.1 Å². The van der Waals surface area contributed by atoms with Gasteiger partial charge in [-0.05, 0) is 49.2 Å². The smallest absolute Gasteiger partial charge is 0.537 e. The second kappa shape index (κ2) is 5.58. The van der Waals surface area contributed by atoms with Crippen LogP contribution in [0, 0.1) is 11.8 Å². The molecule has 0 saturated heterocycles. The normalized spacial score (nSPS) is 13.1. The zero-order valence-electron chi connectivity index (χ0n) is 9.67. The number of carboxylic acid groups (broad SMARTS) is 1. The van der Waals surface area contributed by atoms with Crippen molar-refractivity contribution in [2.75, 3.05) is 0 Å². The molecule has 16 heavy (non-hydrogen) atoms. The molecule has 1 aromatic heterocycles. The number of hydrogen-bond donors (Lipinski definition) is 0. The SMILES string of the molecule is Cn1c(C#CC(=O)[O-])cc2c1CCCC2.[Na+]. The van der Waals surface area contributed by atoms with Crippen LogP contribution >= 0.6 is 0 Å². The van der Waals surface area contributed by atoms with Gasteiger partial charge in [-0.25, -0.2) is 0 Å². The summed E-state index contributed by atoms with van der Waals surface area (Å²) in [6.45, 7) is 0. The van der Waals surface area contributed by atoms with E-state index >= 15 is 0 Å². The van der Waals surface area contributed by atoms with Crippen LogP contribution < -0.4 is 34.7 Å². The molecule has 78 valence electrons. The van der Waals surface area contributed by atoms with E-state index in [1.165, 1.54) is 24.1 Å². The van der Waals surface area contributed by atoms with Gasteiger partial charge in [-0.1, -0.05) is 0 Å². The van der Waals surface area contributed by atoms with Gasteiger partial charge in [0.25, 0.3) is 0 Å². The van der Waals surface area contributed by atoms with E-state index in [-0.39, 0.29) is 29.6 Å². The van der Waals surface area contributed by atoms with Crippen molar-refractivity contribution in [3.8, 4) is 11.8 Å². The summed E-state index contributed by atoms with van der Waals surface area (Å²) in [6, 6.07) is 1.99. The molecule has 2 rings (SSSR count). The fourth-order valence-electron chi connectivity index (χ4n) is 2.09. The van der Waals surface area contributed by atoms with Crippen molar-refractivity contribution in [1.82, 2.24) is 4.57 Å².